The lowest BCUT2D eigenvalue weighted by Gasteiger charge is -2.30. The highest BCUT2D eigenvalue weighted by Gasteiger charge is 2.25. The van der Waals surface area contributed by atoms with Crippen LogP contribution >= 0.6 is 12.4 Å². The third-order valence-electron chi connectivity index (χ3n) is 4.64. The van der Waals surface area contributed by atoms with Crippen molar-refractivity contribution in [1.29, 1.82) is 0 Å². The summed E-state index contributed by atoms with van der Waals surface area (Å²) in [5.74, 6) is 0.727. The molecular weight excluding hydrogens is 296 g/mol. The minimum Gasteiger partial charge on any atom is -0.353 e. The van der Waals surface area contributed by atoms with Gasteiger partial charge in [-0.1, -0.05) is 50.1 Å². The molecule has 0 radical (unpaired) electrons. The zero-order chi connectivity index (χ0) is 15.1. The van der Waals surface area contributed by atoms with E-state index >= 15 is 0 Å². The molecule has 0 bridgehead atoms. The van der Waals surface area contributed by atoms with Crippen molar-refractivity contribution in [1.82, 2.24) is 5.32 Å². The van der Waals surface area contributed by atoms with Crippen molar-refractivity contribution in [2.75, 3.05) is 6.54 Å². The summed E-state index contributed by atoms with van der Waals surface area (Å²) in [5.41, 5.74) is 6.82. The van der Waals surface area contributed by atoms with Crippen molar-refractivity contribution in [3.05, 3.63) is 35.9 Å². The molecule has 1 aromatic carbocycles. The summed E-state index contributed by atoms with van der Waals surface area (Å²) >= 11 is 0. The number of nitrogens with two attached hydrogens (primary N) is 1. The van der Waals surface area contributed by atoms with Crippen LogP contribution in [0.1, 0.15) is 56.9 Å². The minimum absolute atomic E-state index is 0. The van der Waals surface area contributed by atoms with E-state index in [4.69, 9.17) is 5.73 Å². The molecule has 1 amide bonds. The predicted molar refractivity (Wildman–Crippen MR) is 94.3 cm³/mol. The van der Waals surface area contributed by atoms with Gasteiger partial charge in [-0.05, 0) is 37.2 Å². The average molecular weight is 325 g/mol. The molecule has 0 aliphatic heterocycles. The smallest absolute Gasteiger partial charge is 0.229 e. The summed E-state index contributed by atoms with van der Waals surface area (Å²) < 4.78 is 0. The number of rotatable bonds is 6. The van der Waals surface area contributed by atoms with Crippen LogP contribution in [0.15, 0.2) is 30.3 Å². The van der Waals surface area contributed by atoms with Gasteiger partial charge < -0.3 is 11.1 Å². The fraction of sp³-hybridized carbons (Fsp3) is 0.611. The van der Waals surface area contributed by atoms with E-state index in [0.717, 1.165) is 24.3 Å². The van der Waals surface area contributed by atoms with E-state index in [0.29, 0.717) is 12.6 Å². The maximum absolute atomic E-state index is 12.5. The second-order valence-electron chi connectivity index (χ2n) is 6.21. The van der Waals surface area contributed by atoms with Crippen LogP contribution in [-0.2, 0) is 4.79 Å². The second kappa shape index (κ2) is 9.86. The van der Waals surface area contributed by atoms with E-state index in [9.17, 15) is 4.79 Å². The maximum Gasteiger partial charge on any atom is 0.229 e. The molecule has 1 aliphatic rings. The summed E-state index contributed by atoms with van der Waals surface area (Å²) in [6.45, 7) is 2.61. The molecule has 22 heavy (non-hydrogen) atoms. The van der Waals surface area contributed by atoms with Crippen LogP contribution in [0.25, 0.3) is 0 Å². The van der Waals surface area contributed by atoms with Crippen LogP contribution in [0.3, 0.4) is 0 Å². The number of benzene rings is 1. The topological polar surface area (TPSA) is 55.1 Å². The molecule has 1 unspecified atom stereocenters. The summed E-state index contributed by atoms with van der Waals surface area (Å²) in [7, 11) is 0. The van der Waals surface area contributed by atoms with E-state index in [2.05, 4.69) is 12.2 Å². The Kier molecular flexibility index (Phi) is 8.51. The Balaban J connectivity index is 0.00000242. The Morgan fingerprint density at radius 2 is 1.86 bits per heavy atom. The number of halogens is 1. The average Bonchev–Trinajstić information content (AvgIpc) is 2.51. The molecular formula is C18H29ClN2O. The van der Waals surface area contributed by atoms with Crippen molar-refractivity contribution >= 4 is 18.3 Å². The zero-order valence-corrected chi connectivity index (χ0v) is 14.3. The van der Waals surface area contributed by atoms with E-state index in [1.807, 2.05) is 30.3 Å². The van der Waals surface area contributed by atoms with Crippen LogP contribution < -0.4 is 11.1 Å². The summed E-state index contributed by atoms with van der Waals surface area (Å²) in [5, 5.41) is 3.21. The lowest BCUT2D eigenvalue weighted by molar-refractivity contribution is -0.123. The maximum atomic E-state index is 12.5. The molecule has 0 spiro atoms. The molecule has 0 heterocycles. The van der Waals surface area contributed by atoms with Gasteiger partial charge in [0.2, 0.25) is 5.91 Å². The van der Waals surface area contributed by atoms with Gasteiger partial charge in [0, 0.05) is 12.6 Å². The third-order valence-corrected chi connectivity index (χ3v) is 4.64. The number of hydrogen-bond donors (Lipinski definition) is 2. The van der Waals surface area contributed by atoms with Gasteiger partial charge in [-0.3, -0.25) is 4.79 Å². The molecule has 1 aliphatic carbocycles. The molecule has 1 aromatic rings. The first-order valence-electron chi connectivity index (χ1n) is 8.30. The fourth-order valence-corrected chi connectivity index (χ4v) is 3.39. The van der Waals surface area contributed by atoms with Crippen molar-refractivity contribution in [3.8, 4) is 0 Å². The van der Waals surface area contributed by atoms with Crippen molar-refractivity contribution in [2.24, 2.45) is 11.7 Å². The SMILES string of the molecule is CCCC1CCC(NC(=O)C(CN)c2ccccc2)CC1.Cl. The molecule has 3 N–H and O–H groups in total. The normalized spacial score (nSPS) is 22.5. The standard InChI is InChI=1S/C18H28N2O.ClH/c1-2-6-14-9-11-16(12-10-14)20-18(21)17(13-19)15-7-4-3-5-8-15;/h3-5,7-8,14,16-17H,2,6,9-13,19H2,1H3,(H,20,21);1H. The Labute approximate surface area is 140 Å². The molecule has 1 saturated carbocycles. The van der Waals surface area contributed by atoms with Crippen LogP contribution in [-0.4, -0.2) is 18.5 Å². The third kappa shape index (κ3) is 5.29. The first-order chi connectivity index (χ1) is 10.2. The van der Waals surface area contributed by atoms with Crippen LogP contribution in [0.5, 0.6) is 0 Å². The predicted octanol–water partition coefficient (Wildman–Crippen LogP) is 3.63. The fourth-order valence-electron chi connectivity index (χ4n) is 3.39. The van der Waals surface area contributed by atoms with E-state index in [-0.39, 0.29) is 24.2 Å². The van der Waals surface area contributed by atoms with Gasteiger partial charge in [0.05, 0.1) is 5.92 Å². The Bertz CT molecular complexity index is 430. The monoisotopic (exact) mass is 324 g/mol. The Morgan fingerprint density at radius 1 is 1.23 bits per heavy atom. The van der Waals surface area contributed by atoms with Crippen molar-refractivity contribution in [3.63, 3.8) is 0 Å². The zero-order valence-electron chi connectivity index (χ0n) is 13.5. The molecule has 1 atom stereocenters. The van der Waals surface area contributed by atoms with Gasteiger partial charge in [0.25, 0.3) is 0 Å². The molecule has 4 heteroatoms. The number of nitrogens with one attached hydrogen (secondary N) is 1. The summed E-state index contributed by atoms with van der Waals surface area (Å²) in [6, 6.07) is 10.2. The van der Waals surface area contributed by atoms with Crippen molar-refractivity contribution in [2.45, 2.75) is 57.4 Å². The lowest BCUT2D eigenvalue weighted by Crippen LogP contribution is -2.42. The molecule has 2 rings (SSSR count). The number of carbonyl (C=O) groups excluding carboxylic acids is 1. The van der Waals surface area contributed by atoms with E-state index in [1.165, 1.54) is 25.7 Å². The highest BCUT2D eigenvalue weighted by atomic mass is 35.5. The quantitative estimate of drug-likeness (QED) is 0.839. The Morgan fingerprint density at radius 3 is 2.41 bits per heavy atom. The summed E-state index contributed by atoms with van der Waals surface area (Å²) in [4.78, 5) is 12.5. The van der Waals surface area contributed by atoms with E-state index in [1.54, 1.807) is 0 Å². The van der Waals surface area contributed by atoms with Gasteiger partial charge in [-0.25, -0.2) is 0 Å². The lowest BCUT2D eigenvalue weighted by atomic mass is 9.83. The largest absolute Gasteiger partial charge is 0.353 e. The van der Waals surface area contributed by atoms with Crippen LogP contribution in [0.4, 0.5) is 0 Å². The molecule has 124 valence electrons. The highest BCUT2D eigenvalue weighted by Crippen LogP contribution is 2.28. The van der Waals surface area contributed by atoms with Crippen LogP contribution in [0, 0.1) is 5.92 Å². The van der Waals surface area contributed by atoms with Gasteiger partial charge in [-0.2, -0.15) is 0 Å². The van der Waals surface area contributed by atoms with Gasteiger partial charge >= 0.3 is 0 Å². The molecule has 3 nitrogen and oxygen atoms in total. The molecule has 0 saturated heterocycles. The van der Waals surface area contributed by atoms with Gasteiger partial charge in [0.15, 0.2) is 0 Å². The highest BCUT2D eigenvalue weighted by molar-refractivity contribution is 5.85. The van der Waals surface area contributed by atoms with Crippen molar-refractivity contribution < 1.29 is 4.79 Å². The second-order valence-corrected chi connectivity index (χ2v) is 6.21. The Hall–Kier alpha value is -1.06. The minimum atomic E-state index is -0.223. The van der Waals surface area contributed by atoms with Crippen LogP contribution in [0.2, 0.25) is 0 Å². The molecule has 1 fully saturated rings. The number of carbonyl (C=O) groups is 1. The number of amides is 1. The first-order valence-corrected chi connectivity index (χ1v) is 8.30. The molecule has 0 aromatic heterocycles. The summed E-state index contributed by atoms with van der Waals surface area (Å²) in [6.07, 6.45) is 7.32. The number of hydrogen-bond acceptors (Lipinski definition) is 2. The first kappa shape index (κ1) is 19.0. The van der Waals surface area contributed by atoms with E-state index < -0.39 is 0 Å². The van der Waals surface area contributed by atoms with Gasteiger partial charge in [-0.15, -0.1) is 12.4 Å². The van der Waals surface area contributed by atoms with Gasteiger partial charge in [0.1, 0.15) is 0 Å².